The molecule has 0 bridgehead atoms. The topological polar surface area (TPSA) is 80.9 Å². The molecule has 0 aliphatic heterocycles. The average Bonchev–Trinajstić information content (AvgIpc) is 3.08. The average molecular weight is 343 g/mol. The lowest BCUT2D eigenvalue weighted by atomic mass is 10.2. The quantitative estimate of drug-likeness (QED) is 0.744. The largest absolute Gasteiger partial charge is 0.350 e. The summed E-state index contributed by atoms with van der Waals surface area (Å²) in [6, 6.07) is 12.8. The Morgan fingerprint density at radius 2 is 2.12 bits per heavy atom. The number of rotatable bonds is 6. The zero-order chi connectivity index (χ0) is 16.8. The molecule has 3 aromatic rings. The summed E-state index contributed by atoms with van der Waals surface area (Å²) in [7, 11) is 0. The van der Waals surface area contributed by atoms with Gasteiger partial charge < -0.3 is 9.84 Å². The summed E-state index contributed by atoms with van der Waals surface area (Å²) < 4.78 is 5.18. The van der Waals surface area contributed by atoms with Crippen LogP contribution in [-0.4, -0.2) is 21.0 Å². The Morgan fingerprint density at radius 3 is 2.92 bits per heavy atom. The smallest absolute Gasteiger partial charge is 0.227 e. The van der Waals surface area contributed by atoms with Crippen LogP contribution < -0.4 is 5.32 Å². The molecule has 7 heteroatoms. The first-order valence-electron chi connectivity index (χ1n) is 7.46. The first-order chi connectivity index (χ1) is 11.7. The van der Waals surface area contributed by atoms with E-state index in [1.54, 1.807) is 18.3 Å². The van der Waals surface area contributed by atoms with Crippen molar-refractivity contribution < 1.29 is 9.32 Å². The van der Waals surface area contributed by atoms with Crippen LogP contribution in [-0.2, 0) is 17.8 Å². The van der Waals surface area contributed by atoms with E-state index in [0.717, 1.165) is 11.3 Å². The molecule has 2 heterocycles. The van der Waals surface area contributed by atoms with Gasteiger partial charge in [0.2, 0.25) is 17.6 Å². The van der Waals surface area contributed by atoms with Gasteiger partial charge in [0, 0.05) is 29.6 Å². The zero-order valence-corrected chi connectivity index (χ0v) is 13.5. The molecule has 2 aromatic heterocycles. The molecule has 1 aromatic carbocycles. The summed E-state index contributed by atoms with van der Waals surface area (Å²) in [5.41, 5.74) is 1.59. The third-order valence-electron chi connectivity index (χ3n) is 3.31. The number of carbonyl (C=O) groups excluding carboxylic acids is 1. The lowest BCUT2D eigenvalue weighted by Crippen LogP contribution is -2.23. The van der Waals surface area contributed by atoms with Gasteiger partial charge in [-0.3, -0.25) is 9.78 Å². The van der Waals surface area contributed by atoms with Crippen LogP contribution in [0.4, 0.5) is 0 Å². The standard InChI is InChI=1S/C17H15ClN4O2/c18-13-5-3-4-12(10-13)17-21-16(24-22-17)8-7-15(23)20-11-14-6-1-2-9-19-14/h1-6,9-10H,7-8,11H2,(H,20,23). The predicted molar refractivity (Wildman–Crippen MR) is 89.1 cm³/mol. The molecule has 24 heavy (non-hydrogen) atoms. The number of hydrogen-bond acceptors (Lipinski definition) is 5. The number of aromatic nitrogens is 3. The molecule has 6 nitrogen and oxygen atoms in total. The maximum atomic E-state index is 11.9. The number of nitrogens with one attached hydrogen (secondary N) is 1. The van der Waals surface area contributed by atoms with E-state index in [0.29, 0.717) is 29.7 Å². The molecule has 0 spiro atoms. The van der Waals surface area contributed by atoms with E-state index in [1.807, 2.05) is 30.3 Å². The Balaban J connectivity index is 1.51. The normalized spacial score (nSPS) is 10.5. The number of hydrogen-bond donors (Lipinski definition) is 1. The highest BCUT2D eigenvalue weighted by molar-refractivity contribution is 6.30. The monoisotopic (exact) mass is 342 g/mol. The van der Waals surface area contributed by atoms with Gasteiger partial charge >= 0.3 is 0 Å². The second-order valence-corrected chi connectivity index (χ2v) is 5.56. The molecule has 0 aliphatic rings. The van der Waals surface area contributed by atoms with Crippen molar-refractivity contribution in [2.75, 3.05) is 0 Å². The van der Waals surface area contributed by atoms with Crippen LogP contribution in [0.25, 0.3) is 11.4 Å². The van der Waals surface area contributed by atoms with Gasteiger partial charge in [-0.1, -0.05) is 35.0 Å². The molecular weight excluding hydrogens is 328 g/mol. The van der Waals surface area contributed by atoms with Gasteiger partial charge in [0.15, 0.2) is 0 Å². The number of halogens is 1. The van der Waals surface area contributed by atoms with E-state index in [-0.39, 0.29) is 12.3 Å². The van der Waals surface area contributed by atoms with E-state index < -0.39 is 0 Å². The Kier molecular flexibility index (Phi) is 5.18. The molecule has 122 valence electrons. The van der Waals surface area contributed by atoms with Crippen LogP contribution in [0.3, 0.4) is 0 Å². The Morgan fingerprint density at radius 1 is 1.21 bits per heavy atom. The minimum Gasteiger partial charge on any atom is -0.350 e. The van der Waals surface area contributed by atoms with E-state index >= 15 is 0 Å². The van der Waals surface area contributed by atoms with Crippen LogP contribution in [0.5, 0.6) is 0 Å². The van der Waals surface area contributed by atoms with Gasteiger partial charge in [0.1, 0.15) is 0 Å². The van der Waals surface area contributed by atoms with Crippen LogP contribution >= 0.6 is 11.6 Å². The Hall–Kier alpha value is -2.73. The number of amides is 1. The van der Waals surface area contributed by atoms with Gasteiger partial charge in [0.05, 0.1) is 12.2 Å². The zero-order valence-electron chi connectivity index (χ0n) is 12.8. The van der Waals surface area contributed by atoms with Crippen LogP contribution in [0, 0.1) is 0 Å². The summed E-state index contributed by atoms with van der Waals surface area (Å²) in [5, 5.41) is 7.32. The molecular formula is C17H15ClN4O2. The summed E-state index contributed by atoms with van der Waals surface area (Å²) in [6.07, 6.45) is 2.34. The highest BCUT2D eigenvalue weighted by Gasteiger charge is 2.11. The highest BCUT2D eigenvalue weighted by atomic mass is 35.5. The first-order valence-corrected chi connectivity index (χ1v) is 7.83. The molecule has 0 aliphatic carbocycles. The first kappa shape index (κ1) is 16.1. The van der Waals surface area contributed by atoms with E-state index in [4.69, 9.17) is 16.1 Å². The third-order valence-corrected chi connectivity index (χ3v) is 3.54. The number of carbonyl (C=O) groups is 1. The van der Waals surface area contributed by atoms with Crippen molar-refractivity contribution in [1.29, 1.82) is 0 Å². The van der Waals surface area contributed by atoms with E-state index in [1.165, 1.54) is 0 Å². The number of nitrogens with zero attached hydrogens (tertiary/aromatic N) is 3. The van der Waals surface area contributed by atoms with Crippen molar-refractivity contribution in [3.63, 3.8) is 0 Å². The lowest BCUT2D eigenvalue weighted by molar-refractivity contribution is -0.121. The maximum absolute atomic E-state index is 11.9. The molecule has 1 N–H and O–H groups in total. The second kappa shape index (κ2) is 7.70. The number of aryl methyl sites for hydroxylation is 1. The summed E-state index contributed by atoms with van der Waals surface area (Å²) in [4.78, 5) is 20.3. The fourth-order valence-electron chi connectivity index (χ4n) is 2.10. The highest BCUT2D eigenvalue weighted by Crippen LogP contribution is 2.20. The van der Waals surface area contributed by atoms with Crippen molar-refractivity contribution in [3.8, 4) is 11.4 Å². The summed E-state index contributed by atoms with van der Waals surface area (Å²) in [6.45, 7) is 0.400. The van der Waals surface area contributed by atoms with Gasteiger partial charge in [-0.15, -0.1) is 0 Å². The minimum atomic E-state index is -0.0943. The fraction of sp³-hybridized carbons (Fsp3) is 0.176. The maximum Gasteiger partial charge on any atom is 0.227 e. The SMILES string of the molecule is O=C(CCc1nc(-c2cccc(Cl)c2)no1)NCc1ccccn1. The van der Waals surface area contributed by atoms with Crippen LogP contribution in [0.1, 0.15) is 18.0 Å². The van der Waals surface area contributed by atoms with Gasteiger partial charge in [-0.05, 0) is 24.3 Å². The van der Waals surface area contributed by atoms with Gasteiger partial charge in [-0.25, -0.2) is 0 Å². The van der Waals surface area contributed by atoms with Crippen molar-refractivity contribution in [3.05, 3.63) is 65.3 Å². The predicted octanol–water partition coefficient (Wildman–Crippen LogP) is 3.03. The Labute approximate surface area is 143 Å². The van der Waals surface area contributed by atoms with Crippen LogP contribution in [0.2, 0.25) is 5.02 Å². The third kappa shape index (κ3) is 4.39. The van der Waals surface area contributed by atoms with Crippen molar-refractivity contribution in [1.82, 2.24) is 20.4 Å². The van der Waals surface area contributed by atoms with Gasteiger partial charge in [-0.2, -0.15) is 4.98 Å². The van der Waals surface area contributed by atoms with Crippen molar-refractivity contribution in [2.24, 2.45) is 0 Å². The van der Waals surface area contributed by atoms with E-state index in [9.17, 15) is 4.79 Å². The van der Waals surface area contributed by atoms with Crippen LogP contribution in [0.15, 0.2) is 53.2 Å². The molecule has 0 saturated heterocycles. The lowest BCUT2D eigenvalue weighted by Gasteiger charge is -2.03. The molecule has 0 unspecified atom stereocenters. The second-order valence-electron chi connectivity index (χ2n) is 5.12. The fourth-order valence-corrected chi connectivity index (χ4v) is 2.29. The number of pyridine rings is 1. The minimum absolute atomic E-state index is 0.0943. The molecule has 0 saturated carbocycles. The molecule has 0 atom stereocenters. The number of benzene rings is 1. The van der Waals surface area contributed by atoms with Crippen molar-refractivity contribution >= 4 is 17.5 Å². The molecule has 3 rings (SSSR count). The van der Waals surface area contributed by atoms with Crippen molar-refractivity contribution in [2.45, 2.75) is 19.4 Å². The van der Waals surface area contributed by atoms with E-state index in [2.05, 4.69) is 20.4 Å². The summed E-state index contributed by atoms with van der Waals surface area (Å²) >= 11 is 5.95. The Bertz CT molecular complexity index is 820. The molecule has 0 radical (unpaired) electrons. The van der Waals surface area contributed by atoms with Gasteiger partial charge in [0.25, 0.3) is 0 Å². The molecule has 0 fully saturated rings. The molecule has 1 amide bonds. The summed E-state index contributed by atoms with van der Waals surface area (Å²) in [5.74, 6) is 0.780.